The van der Waals surface area contributed by atoms with E-state index in [9.17, 15) is 24.9 Å². The van der Waals surface area contributed by atoms with E-state index in [0.29, 0.717) is 35.9 Å². The number of ketones is 1. The third-order valence-corrected chi connectivity index (χ3v) is 15.2. The first-order valence-electron chi connectivity index (χ1n) is 16.2. The summed E-state index contributed by atoms with van der Waals surface area (Å²) < 4.78 is 11.4. The summed E-state index contributed by atoms with van der Waals surface area (Å²) in [4.78, 5) is 24.9. The number of aliphatic hydroxyl groups is 2. The predicted octanol–water partition coefficient (Wildman–Crippen LogP) is 4.75. The molecule has 0 aromatic carbocycles. The lowest BCUT2D eigenvalue weighted by Gasteiger charge is -2.72. The summed E-state index contributed by atoms with van der Waals surface area (Å²) in [5, 5.41) is 32.8. The monoisotopic (exact) mass is 558 g/mol. The molecule has 0 spiro atoms. The zero-order valence-electron chi connectivity index (χ0n) is 25.0. The SMILES string of the molecule is CC1(C)C(=O)CCC2(C)C1CCC1(C)C2CCC2C3CCCC3(C(O)C3OC(C(=O)O)C4OC4C3O)CC[C@]21C. The Morgan fingerprint density at radius 3 is 2.33 bits per heavy atom. The highest BCUT2D eigenvalue weighted by molar-refractivity contribution is 5.85. The van der Waals surface area contributed by atoms with Gasteiger partial charge in [0.15, 0.2) is 6.10 Å². The van der Waals surface area contributed by atoms with Crippen LogP contribution in [0.2, 0.25) is 0 Å². The fraction of sp³-hybridized carbons (Fsp3) is 0.939. The van der Waals surface area contributed by atoms with Gasteiger partial charge in [-0.15, -0.1) is 0 Å². The van der Waals surface area contributed by atoms with Crippen LogP contribution < -0.4 is 0 Å². The molecule has 0 amide bonds. The van der Waals surface area contributed by atoms with Crippen LogP contribution in [0.4, 0.5) is 0 Å². The number of hydrogen-bond acceptors (Lipinski definition) is 6. The molecule has 7 aliphatic rings. The normalized spacial score (nSPS) is 57.1. The minimum atomic E-state index is -1.13. The molecule has 3 N–H and O–H groups in total. The Morgan fingerprint density at radius 2 is 1.60 bits per heavy atom. The number of hydrogen-bond donors (Lipinski definition) is 3. The van der Waals surface area contributed by atoms with Gasteiger partial charge in [0.05, 0.1) is 6.10 Å². The highest BCUT2D eigenvalue weighted by atomic mass is 16.7. The van der Waals surface area contributed by atoms with E-state index in [4.69, 9.17) is 9.47 Å². The Hall–Kier alpha value is -1.02. The molecule has 224 valence electrons. The lowest BCUT2D eigenvalue weighted by molar-refractivity contribution is -0.251. The average Bonchev–Trinajstić information content (AvgIpc) is 3.58. The lowest BCUT2D eigenvalue weighted by Crippen LogP contribution is -2.67. The maximum atomic E-state index is 13.0. The summed E-state index contributed by atoms with van der Waals surface area (Å²) in [6.45, 7) is 12.0. The van der Waals surface area contributed by atoms with E-state index < -0.39 is 42.6 Å². The number of carboxylic acid groups (broad SMARTS) is 1. The molecule has 2 aliphatic heterocycles. The number of ether oxygens (including phenoxy) is 2. The summed E-state index contributed by atoms with van der Waals surface area (Å²) in [6, 6.07) is 0. The summed E-state index contributed by atoms with van der Waals surface area (Å²) in [5.74, 6) is 1.22. The number of carbonyl (C=O) groups is 2. The topological polar surface area (TPSA) is 117 Å². The zero-order chi connectivity index (χ0) is 28.6. The van der Waals surface area contributed by atoms with Gasteiger partial charge in [0.2, 0.25) is 0 Å². The third-order valence-electron chi connectivity index (χ3n) is 15.2. The molecule has 0 radical (unpaired) electrons. The van der Waals surface area contributed by atoms with Crippen molar-refractivity contribution in [3.05, 3.63) is 0 Å². The van der Waals surface area contributed by atoms with Crippen molar-refractivity contribution in [3.8, 4) is 0 Å². The lowest BCUT2D eigenvalue weighted by atomic mass is 9.32. The van der Waals surface area contributed by atoms with E-state index in [0.717, 1.165) is 57.8 Å². The van der Waals surface area contributed by atoms with Gasteiger partial charge in [-0.3, -0.25) is 4.79 Å². The predicted molar refractivity (Wildman–Crippen MR) is 147 cm³/mol. The van der Waals surface area contributed by atoms with Crippen LogP contribution in [0.3, 0.4) is 0 Å². The number of aliphatic carboxylic acids is 1. The maximum Gasteiger partial charge on any atom is 0.335 e. The standard InChI is InChI=1S/C33H50O7/c1-29(2)19-10-14-32(5)20(30(19,3)13-11-21(29)34)9-8-17-18-7-6-12-33(18,16-15-31(17,32)4)27(36)24-22(35)23-25(39-23)26(40-24)28(37)38/h17-20,22-27,35-36H,6-16H2,1-5H3,(H,37,38)/t17?,18?,19?,20?,22?,23?,24?,25?,26?,27?,30?,31-,32?,33?/m1/s1. The van der Waals surface area contributed by atoms with Crippen LogP contribution in [0.1, 0.15) is 105 Å². The summed E-state index contributed by atoms with van der Waals surface area (Å²) >= 11 is 0. The maximum absolute atomic E-state index is 13.0. The van der Waals surface area contributed by atoms with Crippen LogP contribution in [0.15, 0.2) is 0 Å². The number of carboxylic acids is 1. The molecule has 0 aromatic rings. The highest BCUT2D eigenvalue weighted by Crippen LogP contribution is 2.77. The molecule has 5 saturated carbocycles. The fourth-order valence-electron chi connectivity index (χ4n) is 12.9. The van der Waals surface area contributed by atoms with Crippen molar-refractivity contribution in [2.75, 3.05) is 0 Å². The van der Waals surface area contributed by atoms with Crippen molar-refractivity contribution < 1.29 is 34.4 Å². The quantitative estimate of drug-likeness (QED) is 0.428. The number of fused-ring (bicyclic) bond motifs is 8. The molecule has 2 saturated heterocycles. The first-order chi connectivity index (χ1) is 18.7. The van der Waals surface area contributed by atoms with Gasteiger partial charge in [-0.05, 0) is 97.7 Å². The first kappa shape index (κ1) is 27.8. The molecular formula is C33H50O7. The number of aliphatic hydroxyl groups excluding tert-OH is 2. The molecule has 7 fully saturated rings. The average molecular weight is 559 g/mol. The second-order valence-electron chi connectivity index (χ2n) is 16.4. The summed E-state index contributed by atoms with van der Waals surface area (Å²) in [6.07, 6.45) is 6.13. The molecule has 0 aromatic heterocycles. The van der Waals surface area contributed by atoms with Gasteiger partial charge in [-0.1, -0.05) is 41.0 Å². The van der Waals surface area contributed by atoms with Crippen molar-refractivity contribution in [2.24, 2.45) is 50.7 Å². The summed E-state index contributed by atoms with van der Waals surface area (Å²) in [7, 11) is 0. The van der Waals surface area contributed by atoms with E-state index in [-0.39, 0.29) is 27.1 Å². The van der Waals surface area contributed by atoms with Gasteiger partial charge in [0, 0.05) is 17.3 Å². The van der Waals surface area contributed by atoms with Crippen molar-refractivity contribution in [2.45, 2.75) is 142 Å². The van der Waals surface area contributed by atoms with Crippen LogP contribution in [0, 0.1) is 50.7 Å². The largest absolute Gasteiger partial charge is 0.479 e. The van der Waals surface area contributed by atoms with Crippen LogP contribution in [-0.4, -0.2) is 63.7 Å². The van der Waals surface area contributed by atoms with Gasteiger partial charge in [-0.2, -0.15) is 0 Å². The molecule has 2 heterocycles. The Kier molecular flexibility index (Phi) is 5.93. The molecular weight excluding hydrogens is 508 g/mol. The molecule has 7 nitrogen and oxygen atoms in total. The molecule has 14 atom stereocenters. The fourth-order valence-corrected chi connectivity index (χ4v) is 12.9. The van der Waals surface area contributed by atoms with Gasteiger partial charge < -0.3 is 24.8 Å². The van der Waals surface area contributed by atoms with Crippen LogP contribution in [0.5, 0.6) is 0 Å². The third kappa shape index (κ3) is 3.27. The van der Waals surface area contributed by atoms with Crippen LogP contribution in [0.25, 0.3) is 0 Å². The zero-order valence-corrected chi connectivity index (χ0v) is 25.0. The van der Waals surface area contributed by atoms with Crippen molar-refractivity contribution in [1.82, 2.24) is 0 Å². The number of epoxide rings is 1. The second kappa shape index (κ2) is 8.54. The minimum Gasteiger partial charge on any atom is -0.479 e. The Balaban J connectivity index is 1.19. The number of Topliss-reactive ketones (excluding diaryl/α,β-unsaturated/α-hetero) is 1. The van der Waals surface area contributed by atoms with Gasteiger partial charge >= 0.3 is 5.97 Å². The van der Waals surface area contributed by atoms with E-state index >= 15 is 0 Å². The van der Waals surface area contributed by atoms with Crippen LogP contribution >= 0.6 is 0 Å². The Morgan fingerprint density at radius 1 is 0.850 bits per heavy atom. The van der Waals surface area contributed by atoms with Gasteiger partial charge in [0.1, 0.15) is 30.2 Å². The molecule has 7 rings (SSSR count). The van der Waals surface area contributed by atoms with E-state index in [1.165, 1.54) is 6.42 Å². The highest BCUT2D eigenvalue weighted by Gasteiger charge is 2.72. The first-order valence-corrected chi connectivity index (χ1v) is 16.2. The second-order valence-corrected chi connectivity index (χ2v) is 16.4. The van der Waals surface area contributed by atoms with E-state index in [2.05, 4.69) is 34.6 Å². The smallest absolute Gasteiger partial charge is 0.335 e. The Bertz CT molecular complexity index is 1100. The molecule has 0 bridgehead atoms. The Labute approximate surface area is 238 Å². The van der Waals surface area contributed by atoms with Crippen molar-refractivity contribution in [3.63, 3.8) is 0 Å². The number of rotatable bonds is 3. The van der Waals surface area contributed by atoms with Crippen molar-refractivity contribution in [1.29, 1.82) is 0 Å². The molecule has 13 unspecified atom stereocenters. The minimum absolute atomic E-state index is 0.147. The number of carbonyl (C=O) groups excluding carboxylic acids is 1. The molecule has 7 heteroatoms. The summed E-state index contributed by atoms with van der Waals surface area (Å²) in [5.41, 5.74) is -0.100. The van der Waals surface area contributed by atoms with E-state index in [1.807, 2.05) is 0 Å². The van der Waals surface area contributed by atoms with Crippen LogP contribution in [-0.2, 0) is 19.1 Å². The van der Waals surface area contributed by atoms with Gasteiger partial charge in [-0.25, -0.2) is 4.79 Å². The van der Waals surface area contributed by atoms with Gasteiger partial charge in [0.25, 0.3) is 0 Å². The van der Waals surface area contributed by atoms with Crippen molar-refractivity contribution >= 4 is 11.8 Å². The molecule has 40 heavy (non-hydrogen) atoms. The van der Waals surface area contributed by atoms with E-state index in [1.54, 1.807) is 0 Å². The molecule has 5 aliphatic carbocycles.